The molecule has 0 aliphatic rings. The Bertz CT molecular complexity index is 1420. The minimum absolute atomic E-state index is 0.0424. The van der Waals surface area contributed by atoms with Gasteiger partial charge in [0.25, 0.3) is 0 Å². The zero-order chi connectivity index (χ0) is 38.3. The van der Waals surface area contributed by atoms with Crippen LogP contribution in [0.3, 0.4) is 0 Å². The van der Waals surface area contributed by atoms with Gasteiger partial charge in [-0.3, -0.25) is 24.0 Å². The summed E-state index contributed by atoms with van der Waals surface area (Å²) in [7, 11) is 1.37. The molecule has 0 spiro atoms. The number of rotatable bonds is 23. The van der Waals surface area contributed by atoms with Gasteiger partial charge in [0.2, 0.25) is 23.6 Å². The van der Waals surface area contributed by atoms with Gasteiger partial charge in [0.15, 0.2) is 0 Å². The maximum Gasteiger partial charge on any atom is 0.305 e. The van der Waals surface area contributed by atoms with Gasteiger partial charge in [-0.2, -0.15) is 11.8 Å². The van der Waals surface area contributed by atoms with Gasteiger partial charge in [-0.25, -0.2) is 0 Å². The Morgan fingerprint density at radius 1 is 0.898 bits per heavy atom. The normalized spacial score (nSPS) is 13.5. The van der Waals surface area contributed by atoms with E-state index < -0.39 is 42.4 Å². The van der Waals surface area contributed by atoms with Gasteiger partial charge in [-0.1, -0.05) is 49.6 Å². The van der Waals surface area contributed by atoms with E-state index in [9.17, 15) is 29.1 Å². The highest BCUT2D eigenvalue weighted by atomic mass is 32.2. The second-order valence-corrected chi connectivity index (χ2v) is 12.7. The van der Waals surface area contributed by atoms with Crippen LogP contribution >= 0.6 is 11.8 Å². The molecule has 12 nitrogen and oxygen atoms in total. The van der Waals surface area contributed by atoms with Crippen LogP contribution in [0.1, 0.15) is 69.9 Å². The van der Waals surface area contributed by atoms with Crippen molar-refractivity contribution < 1.29 is 38.0 Å². The summed E-state index contributed by atoms with van der Waals surface area (Å²) < 4.78 is 28.1. The van der Waals surface area contributed by atoms with Crippen LogP contribution in [0.25, 0.3) is 0 Å². The third-order valence-electron chi connectivity index (χ3n) is 7.83. The molecule has 0 fully saturated rings. The maximum absolute atomic E-state index is 13.3. The number of methoxy groups -OCH3 is 1. The Balaban J connectivity index is 2.00. The van der Waals surface area contributed by atoms with Crippen molar-refractivity contribution >= 4 is 41.4 Å². The van der Waals surface area contributed by atoms with E-state index in [1.165, 1.54) is 31.0 Å². The van der Waals surface area contributed by atoms with Crippen molar-refractivity contribution in [2.24, 2.45) is 5.73 Å². The van der Waals surface area contributed by atoms with Crippen LogP contribution < -0.4 is 27.0 Å². The summed E-state index contributed by atoms with van der Waals surface area (Å²) in [4.78, 5) is 64.0. The summed E-state index contributed by atoms with van der Waals surface area (Å²) in [5.41, 5.74) is 4.41. The average Bonchev–Trinajstić information content (AvgIpc) is 3.15. The first-order valence-electron chi connectivity index (χ1n) is 18.3. The highest BCUT2D eigenvalue weighted by Crippen LogP contribution is 2.22. The monoisotopic (exact) mass is 702 g/mol. The molecule has 0 saturated carbocycles. The van der Waals surface area contributed by atoms with Crippen molar-refractivity contribution in [1.29, 1.82) is 0 Å². The first-order chi connectivity index (χ1) is 25.1. The summed E-state index contributed by atoms with van der Waals surface area (Å²) in [6, 6.07) is 8.96. The van der Waals surface area contributed by atoms with Crippen molar-refractivity contribution in [1.82, 2.24) is 21.3 Å². The molecule has 4 amide bonds. The minimum atomic E-state index is -1.13. The molecule has 13 heteroatoms. The standard InChI is InChI=1S/C36H53N5O7S/c1-24-19-27(42)20-25(2)28(24)22-29(37)34(45)41-30(16-18-49-4)35(46)39-23-32(43)40-31(21-26-13-9-8-10-14-26)36(47)38-17-12-7-5-6-11-15-33(44)48-3/h8-10,13-14,19-20,29-31,42H,5-7,11-12,15-18,21-23,37H2,1-4H3,(H,38,47)(H,39,46)(H,40,43)(H,41,45)/t29-,30-,31-/m0/s1/i1D,2D/hD. The van der Waals surface area contributed by atoms with E-state index >= 15 is 0 Å². The number of aromatic hydroxyl groups is 1. The third kappa shape index (κ3) is 15.8. The lowest BCUT2D eigenvalue weighted by Gasteiger charge is -2.22. The molecule has 0 aromatic heterocycles. The fourth-order valence-electron chi connectivity index (χ4n) is 5.07. The number of thioether (sulfide) groups is 1. The van der Waals surface area contributed by atoms with Crippen LogP contribution in [0.2, 0.25) is 1.41 Å². The predicted octanol–water partition coefficient (Wildman–Crippen LogP) is 2.59. The van der Waals surface area contributed by atoms with Gasteiger partial charge in [0, 0.05) is 22.1 Å². The number of aryl methyl sites for hydroxylation is 2. The number of hydrogen-bond donors (Lipinski definition) is 6. The number of carbonyl (C=O) groups is 5. The van der Waals surface area contributed by atoms with E-state index in [1.807, 2.05) is 36.6 Å². The first kappa shape index (κ1) is 36.2. The molecule has 0 radical (unpaired) electrons. The van der Waals surface area contributed by atoms with Crippen LogP contribution in [-0.4, -0.2) is 85.0 Å². The summed E-state index contributed by atoms with van der Waals surface area (Å²) >= 11 is 1.46. The van der Waals surface area contributed by atoms with Gasteiger partial charge < -0.3 is 36.8 Å². The molecule has 0 aliphatic carbocycles. The van der Waals surface area contributed by atoms with E-state index in [-0.39, 0.29) is 50.7 Å². The average molecular weight is 703 g/mol. The minimum Gasteiger partial charge on any atom is -0.508 e. The number of phenolic OH excluding ortho intramolecular Hbond substituents is 1. The SMILES string of the molecule is [2H]Cc1cc(O)cc(C[2H])c1C[C@H](N[2H])C(=O)N[C@@H](CCSC)C(=O)NCC(=O)N[C@@H](Cc1ccccc1)C(=O)NCCCCCCCC(=O)OC. The van der Waals surface area contributed by atoms with E-state index in [0.29, 0.717) is 35.4 Å². The summed E-state index contributed by atoms with van der Waals surface area (Å²) in [6.45, 7) is -0.417. The molecule has 7 N–H and O–H groups in total. The van der Waals surface area contributed by atoms with E-state index in [1.54, 1.807) is 0 Å². The van der Waals surface area contributed by atoms with E-state index in [4.69, 9.17) is 4.15 Å². The molecule has 0 heterocycles. The van der Waals surface area contributed by atoms with Gasteiger partial charge in [-0.05, 0) is 85.9 Å². The second kappa shape index (κ2) is 22.5. The van der Waals surface area contributed by atoms with Crippen molar-refractivity contribution in [3.05, 3.63) is 64.7 Å². The quantitative estimate of drug-likeness (QED) is 0.0747. The molecule has 49 heavy (non-hydrogen) atoms. The van der Waals surface area contributed by atoms with Crippen LogP contribution in [0.15, 0.2) is 42.5 Å². The fraction of sp³-hybridized carbons (Fsp3) is 0.528. The van der Waals surface area contributed by atoms with E-state index in [0.717, 1.165) is 37.7 Å². The maximum atomic E-state index is 13.3. The number of benzene rings is 2. The van der Waals surface area contributed by atoms with E-state index in [2.05, 4.69) is 31.7 Å². The molecule has 0 saturated heterocycles. The smallest absolute Gasteiger partial charge is 0.305 e. The highest BCUT2D eigenvalue weighted by Gasteiger charge is 2.26. The number of amides is 4. The Kier molecular flexibility index (Phi) is 16.6. The lowest BCUT2D eigenvalue weighted by molar-refractivity contribution is -0.140. The molecule has 0 bridgehead atoms. The van der Waals surface area contributed by atoms with Crippen LogP contribution in [0.5, 0.6) is 5.75 Å². The molecule has 2 aromatic carbocycles. The molecule has 0 unspecified atom stereocenters. The van der Waals surface area contributed by atoms with Crippen molar-refractivity contribution in [3.63, 3.8) is 0 Å². The van der Waals surface area contributed by atoms with Gasteiger partial charge in [0.1, 0.15) is 19.2 Å². The molecule has 2 rings (SSSR count). The first-order valence-corrected chi connectivity index (χ1v) is 17.8. The number of esters is 1. The van der Waals surface area contributed by atoms with Crippen LogP contribution in [0, 0.1) is 13.8 Å². The number of hydrogen-bond acceptors (Lipinski definition) is 9. The fourth-order valence-corrected chi connectivity index (χ4v) is 5.54. The zero-order valence-corrected chi connectivity index (χ0v) is 29.3. The summed E-state index contributed by atoms with van der Waals surface area (Å²) in [6.07, 6.45) is 6.80. The highest BCUT2D eigenvalue weighted by molar-refractivity contribution is 7.98. The van der Waals surface area contributed by atoms with Crippen molar-refractivity contribution in [2.45, 2.75) is 89.7 Å². The third-order valence-corrected chi connectivity index (χ3v) is 8.47. The number of phenols is 1. The summed E-state index contributed by atoms with van der Waals surface area (Å²) in [5.74, 6) is -2.01. The molecular formula is C36H53N5O7S. The topological polar surface area (TPSA) is 189 Å². The lowest BCUT2D eigenvalue weighted by atomic mass is 9.96. The van der Waals surface area contributed by atoms with Gasteiger partial charge >= 0.3 is 5.97 Å². The van der Waals surface area contributed by atoms with Crippen molar-refractivity contribution in [2.75, 3.05) is 32.2 Å². The second-order valence-electron chi connectivity index (χ2n) is 11.8. The number of nitrogens with one attached hydrogen (secondary N) is 4. The Morgan fingerprint density at radius 3 is 2.22 bits per heavy atom. The zero-order valence-electron chi connectivity index (χ0n) is 31.5. The lowest BCUT2D eigenvalue weighted by Crippen LogP contribution is -2.54. The number of carbonyl (C=O) groups excluding carboxylic acids is 5. The number of unbranched alkanes of at least 4 members (excludes halogenated alkanes) is 4. The Labute approximate surface area is 298 Å². The molecule has 3 atom stereocenters. The van der Waals surface area contributed by atoms with Crippen LogP contribution in [-0.2, 0) is 41.6 Å². The molecular weight excluding hydrogens is 646 g/mol. The number of nitrogens with two attached hydrogens (primary N) is 1. The Morgan fingerprint density at radius 2 is 1.57 bits per heavy atom. The van der Waals surface area contributed by atoms with Crippen LogP contribution in [0.4, 0.5) is 0 Å². The van der Waals surface area contributed by atoms with Gasteiger partial charge in [0.05, 0.1) is 19.7 Å². The van der Waals surface area contributed by atoms with Crippen molar-refractivity contribution in [3.8, 4) is 5.75 Å². The predicted molar refractivity (Wildman–Crippen MR) is 192 cm³/mol. The summed E-state index contributed by atoms with van der Waals surface area (Å²) in [5, 5.41) is 20.8. The molecule has 2 aromatic rings. The number of ether oxygens (including phenoxy) is 1. The van der Waals surface area contributed by atoms with Gasteiger partial charge in [-0.15, -0.1) is 0 Å². The Hall–Kier alpha value is -4.10. The largest absolute Gasteiger partial charge is 0.508 e. The molecule has 270 valence electrons. The molecule has 0 aliphatic heterocycles.